The van der Waals surface area contributed by atoms with Crippen LogP contribution in [0.25, 0.3) is 11.0 Å². The number of anilines is 1. The Morgan fingerprint density at radius 3 is 2.41 bits per heavy atom. The van der Waals surface area contributed by atoms with Gasteiger partial charge in [0.1, 0.15) is 5.58 Å². The largest absolute Gasteiger partial charge is 0.462 e. The van der Waals surface area contributed by atoms with Gasteiger partial charge < -0.3 is 14.5 Å². The van der Waals surface area contributed by atoms with Crippen LogP contribution in [0.15, 0.2) is 52.9 Å². The molecule has 0 bridgehead atoms. The number of rotatable bonds is 7. The highest BCUT2D eigenvalue weighted by molar-refractivity contribution is 7.89. The molecule has 2 aromatic carbocycles. The van der Waals surface area contributed by atoms with Crippen LogP contribution in [0.3, 0.4) is 0 Å². The summed E-state index contributed by atoms with van der Waals surface area (Å²) >= 11 is 0. The highest BCUT2D eigenvalue weighted by Gasteiger charge is 2.23. The monoisotopic (exact) mass is 415 g/mol. The Hall–Kier alpha value is -3.13. The Balaban J connectivity index is 1.85. The predicted octanol–water partition coefficient (Wildman–Crippen LogP) is 3.80. The molecule has 29 heavy (non-hydrogen) atoms. The summed E-state index contributed by atoms with van der Waals surface area (Å²) < 4.78 is 34.4. The van der Waals surface area contributed by atoms with E-state index in [-0.39, 0.29) is 11.5 Å². The van der Waals surface area contributed by atoms with Crippen LogP contribution in [0, 0.1) is 0 Å². The second-order valence-corrected chi connectivity index (χ2v) is 8.78. The molecule has 1 N–H and O–H groups in total. The molecular weight excluding hydrogens is 394 g/mol. The van der Waals surface area contributed by atoms with Gasteiger partial charge in [-0.3, -0.25) is 4.79 Å². The van der Waals surface area contributed by atoms with E-state index in [4.69, 9.17) is 9.15 Å². The third-order valence-corrected chi connectivity index (χ3v) is 4.94. The first-order valence-electron chi connectivity index (χ1n) is 9.05. The Morgan fingerprint density at radius 2 is 1.76 bits per heavy atom. The maximum atomic E-state index is 12.8. The number of sulfone groups is 1. The summed E-state index contributed by atoms with van der Waals surface area (Å²) in [5.41, 5.74) is 1.57. The highest BCUT2D eigenvalue weighted by atomic mass is 32.2. The van der Waals surface area contributed by atoms with Gasteiger partial charge in [-0.1, -0.05) is 25.1 Å². The lowest BCUT2D eigenvalue weighted by molar-refractivity contribution is 0.0505. The van der Waals surface area contributed by atoms with Crippen molar-refractivity contribution in [1.29, 1.82) is 0 Å². The van der Waals surface area contributed by atoms with Crippen molar-refractivity contribution in [3.05, 3.63) is 65.4 Å². The van der Waals surface area contributed by atoms with Gasteiger partial charge in [-0.15, -0.1) is 0 Å². The number of para-hydroxylation sites is 1. The summed E-state index contributed by atoms with van der Waals surface area (Å²) in [7, 11) is -3.38. The molecule has 0 atom stereocenters. The molecule has 8 heteroatoms. The fourth-order valence-corrected chi connectivity index (χ4v) is 3.65. The molecule has 0 aliphatic carbocycles. The molecule has 0 saturated carbocycles. The Labute approximate surface area is 168 Å². The van der Waals surface area contributed by atoms with E-state index in [1.54, 1.807) is 48.5 Å². The maximum absolute atomic E-state index is 12.8. The molecule has 0 saturated heterocycles. The van der Waals surface area contributed by atoms with Gasteiger partial charge >= 0.3 is 5.97 Å². The first kappa shape index (κ1) is 20.6. The molecular formula is C21H21NO6S. The quantitative estimate of drug-likeness (QED) is 0.589. The molecule has 0 fully saturated rings. The Morgan fingerprint density at radius 1 is 1.07 bits per heavy atom. The van der Waals surface area contributed by atoms with Gasteiger partial charge in [0.15, 0.2) is 15.6 Å². The van der Waals surface area contributed by atoms with Crippen LogP contribution in [0.1, 0.15) is 39.8 Å². The molecule has 0 aliphatic heterocycles. The first-order chi connectivity index (χ1) is 13.8. The van der Waals surface area contributed by atoms with Crippen molar-refractivity contribution in [2.24, 2.45) is 0 Å². The molecule has 1 heterocycles. The number of hydrogen-bond donors (Lipinski definition) is 1. The lowest BCUT2D eigenvalue weighted by Gasteiger charge is -2.07. The van der Waals surface area contributed by atoms with E-state index in [0.717, 1.165) is 12.7 Å². The third-order valence-electron chi connectivity index (χ3n) is 4.13. The van der Waals surface area contributed by atoms with Crippen LogP contribution < -0.4 is 5.32 Å². The number of ether oxygens (including phenoxy) is 1. The number of amides is 1. The molecule has 7 nitrogen and oxygen atoms in total. The van der Waals surface area contributed by atoms with E-state index in [2.05, 4.69) is 5.32 Å². The van der Waals surface area contributed by atoms with Gasteiger partial charge in [-0.25, -0.2) is 13.2 Å². The Kier molecular flexibility index (Phi) is 6.03. The van der Waals surface area contributed by atoms with Gasteiger partial charge in [-0.2, -0.15) is 0 Å². The first-order valence-corrected chi connectivity index (χ1v) is 11.1. The number of carbonyl (C=O) groups excluding carboxylic acids is 2. The summed E-state index contributed by atoms with van der Waals surface area (Å²) in [6.07, 6.45) is 1.83. The number of carbonyl (C=O) groups is 2. The molecule has 0 spiro atoms. The summed E-state index contributed by atoms with van der Waals surface area (Å²) in [5.74, 6) is -1.36. The van der Waals surface area contributed by atoms with E-state index < -0.39 is 21.7 Å². The number of nitrogens with one attached hydrogen (secondary N) is 1. The standard InChI is InChI=1S/C21H21NO6S/c1-3-12-27-21(24)14-8-10-15(11-9-14)22-20(23)19-17(13-29(2,25)26)16-6-4-5-7-18(16)28-19/h4-11H,3,12-13H2,1-2H3,(H,22,23). The van der Waals surface area contributed by atoms with E-state index >= 15 is 0 Å². The fourth-order valence-electron chi connectivity index (χ4n) is 2.84. The van der Waals surface area contributed by atoms with Gasteiger partial charge in [-0.05, 0) is 36.8 Å². The minimum Gasteiger partial charge on any atom is -0.462 e. The fraction of sp³-hybridized carbons (Fsp3) is 0.238. The second kappa shape index (κ2) is 8.48. The lowest BCUT2D eigenvalue weighted by Crippen LogP contribution is -2.14. The Bertz CT molecular complexity index is 1150. The topological polar surface area (TPSA) is 103 Å². The van der Waals surface area contributed by atoms with Crippen molar-refractivity contribution in [3.63, 3.8) is 0 Å². The van der Waals surface area contributed by atoms with Crippen LogP contribution in [0.4, 0.5) is 5.69 Å². The van der Waals surface area contributed by atoms with Crippen molar-refractivity contribution in [1.82, 2.24) is 0 Å². The number of furan rings is 1. The highest BCUT2D eigenvalue weighted by Crippen LogP contribution is 2.28. The van der Waals surface area contributed by atoms with Crippen molar-refractivity contribution >= 4 is 38.4 Å². The normalized spacial score (nSPS) is 11.4. The summed E-state index contributed by atoms with van der Waals surface area (Å²) in [5, 5.41) is 3.26. The van der Waals surface area contributed by atoms with Crippen LogP contribution in [-0.4, -0.2) is 33.2 Å². The minimum absolute atomic E-state index is 0.0527. The van der Waals surface area contributed by atoms with E-state index in [1.807, 2.05) is 6.92 Å². The lowest BCUT2D eigenvalue weighted by atomic mass is 10.1. The molecule has 0 radical (unpaired) electrons. The van der Waals surface area contributed by atoms with Crippen LogP contribution in [0.2, 0.25) is 0 Å². The molecule has 3 aromatic rings. The van der Waals surface area contributed by atoms with Crippen molar-refractivity contribution in [2.45, 2.75) is 19.1 Å². The van der Waals surface area contributed by atoms with Gasteiger partial charge in [0.2, 0.25) is 0 Å². The molecule has 0 unspecified atom stereocenters. The van der Waals surface area contributed by atoms with Crippen molar-refractivity contribution in [3.8, 4) is 0 Å². The van der Waals surface area contributed by atoms with Crippen molar-refractivity contribution < 1.29 is 27.2 Å². The predicted molar refractivity (Wildman–Crippen MR) is 110 cm³/mol. The maximum Gasteiger partial charge on any atom is 0.338 e. The zero-order chi connectivity index (χ0) is 21.0. The van der Waals surface area contributed by atoms with E-state index in [1.165, 1.54) is 0 Å². The minimum atomic E-state index is -3.38. The number of fused-ring (bicyclic) bond motifs is 1. The van der Waals surface area contributed by atoms with Gasteiger partial charge in [0, 0.05) is 22.9 Å². The van der Waals surface area contributed by atoms with E-state index in [0.29, 0.717) is 34.4 Å². The van der Waals surface area contributed by atoms with Crippen LogP contribution in [-0.2, 0) is 20.3 Å². The van der Waals surface area contributed by atoms with Crippen LogP contribution >= 0.6 is 0 Å². The molecule has 0 aliphatic rings. The van der Waals surface area contributed by atoms with Crippen LogP contribution in [0.5, 0.6) is 0 Å². The average molecular weight is 415 g/mol. The SMILES string of the molecule is CCCOC(=O)c1ccc(NC(=O)c2oc3ccccc3c2CS(C)(=O)=O)cc1. The second-order valence-electron chi connectivity index (χ2n) is 6.64. The number of esters is 1. The molecule has 1 amide bonds. The molecule has 152 valence electrons. The number of benzene rings is 2. The summed E-state index contributed by atoms with van der Waals surface area (Å²) in [6.45, 7) is 2.24. The van der Waals surface area contributed by atoms with Gasteiger partial charge in [0.05, 0.1) is 17.9 Å². The third kappa shape index (κ3) is 5.03. The summed E-state index contributed by atoms with van der Waals surface area (Å²) in [6, 6.07) is 13.1. The zero-order valence-corrected chi connectivity index (χ0v) is 16.9. The summed E-state index contributed by atoms with van der Waals surface area (Å²) in [4.78, 5) is 24.6. The molecule has 3 rings (SSSR count). The molecule has 1 aromatic heterocycles. The smallest absolute Gasteiger partial charge is 0.338 e. The number of hydrogen-bond acceptors (Lipinski definition) is 6. The van der Waals surface area contributed by atoms with Crippen molar-refractivity contribution in [2.75, 3.05) is 18.2 Å². The zero-order valence-electron chi connectivity index (χ0n) is 16.1. The average Bonchev–Trinajstić information content (AvgIpc) is 3.04. The van der Waals surface area contributed by atoms with E-state index in [9.17, 15) is 18.0 Å². The van der Waals surface area contributed by atoms with Gasteiger partial charge in [0.25, 0.3) is 5.91 Å².